The van der Waals surface area contributed by atoms with E-state index in [4.69, 9.17) is 0 Å². The number of rotatable bonds is 3. The molecule has 0 fully saturated rings. The quantitative estimate of drug-likeness (QED) is 0.216. The molecular weight excluding hydrogens is 538 g/mol. The molecule has 202 valence electrons. The van der Waals surface area contributed by atoms with Gasteiger partial charge in [-0.2, -0.15) is 15.8 Å². The molecule has 0 saturated heterocycles. The first kappa shape index (κ1) is 25.1. The molecule has 0 amide bonds. The molecule has 2 aromatic heterocycles. The van der Waals surface area contributed by atoms with E-state index in [2.05, 4.69) is 88.0 Å². The second-order valence-corrected chi connectivity index (χ2v) is 10.7. The molecule has 0 unspecified atom stereocenters. The van der Waals surface area contributed by atoms with E-state index >= 15 is 0 Å². The van der Waals surface area contributed by atoms with Gasteiger partial charge in [-0.05, 0) is 71.8 Å². The Morgan fingerprint density at radius 3 is 1.86 bits per heavy atom. The molecule has 6 aromatic carbocycles. The average molecular weight is 560 g/mol. The highest BCUT2D eigenvalue weighted by atomic mass is 15.0. The van der Waals surface area contributed by atoms with Crippen LogP contribution in [0.15, 0.2) is 127 Å². The first-order chi connectivity index (χ1) is 21.7. The Morgan fingerprint density at radius 2 is 1.07 bits per heavy atom. The third kappa shape index (κ3) is 3.56. The first-order valence-electron chi connectivity index (χ1n) is 14.2. The maximum atomic E-state index is 10.0. The molecule has 5 heteroatoms. The smallest absolute Gasteiger partial charge is 0.101 e. The van der Waals surface area contributed by atoms with Gasteiger partial charge in [0.1, 0.15) is 12.1 Å². The monoisotopic (exact) mass is 559 g/mol. The third-order valence-electron chi connectivity index (χ3n) is 8.43. The Hall–Kier alpha value is -6.61. The van der Waals surface area contributed by atoms with Crippen molar-refractivity contribution in [3.05, 3.63) is 144 Å². The van der Waals surface area contributed by atoms with Crippen LogP contribution in [-0.2, 0) is 0 Å². The highest BCUT2D eigenvalue weighted by molar-refractivity contribution is 6.17. The van der Waals surface area contributed by atoms with E-state index in [1.165, 1.54) is 0 Å². The molecule has 0 aliphatic carbocycles. The topological polar surface area (TPSA) is 81.2 Å². The molecule has 0 N–H and O–H groups in total. The zero-order chi connectivity index (χ0) is 29.8. The average Bonchev–Trinajstić information content (AvgIpc) is 3.60. The number of benzene rings is 6. The molecule has 0 bridgehead atoms. The lowest BCUT2D eigenvalue weighted by atomic mass is 9.98. The van der Waals surface area contributed by atoms with Crippen molar-refractivity contribution in [3.8, 4) is 40.7 Å². The molecule has 0 atom stereocenters. The summed E-state index contributed by atoms with van der Waals surface area (Å²) < 4.78 is 4.30. The SMILES string of the molecule is N#Cc1ccc(-n2c3ccccc3c3c(-c4ccc5c(c4)c4ccccc4n5-c4ccccc4C#N)cccc32)c(C#N)c1. The van der Waals surface area contributed by atoms with Crippen molar-refractivity contribution in [3.63, 3.8) is 0 Å². The van der Waals surface area contributed by atoms with Gasteiger partial charge in [0.2, 0.25) is 0 Å². The summed E-state index contributed by atoms with van der Waals surface area (Å²) in [5, 5.41) is 33.7. The van der Waals surface area contributed by atoms with Crippen LogP contribution in [0.4, 0.5) is 0 Å². The second-order valence-electron chi connectivity index (χ2n) is 10.7. The van der Waals surface area contributed by atoms with E-state index in [1.54, 1.807) is 12.1 Å². The summed E-state index contributed by atoms with van der Waals surface area (Å²) in [6.07, 6.45) is 0. The molecule has 8 rings (SSSR count). The minimum Gasteiger partial charge on any atom is -0.308 e. The lowest BCUT2D eigenvalue weighted by Crippen LogP contribution is -1.98. The van der Waals surface area contributed by atoms with Gasteiger partial charge in [0, 0.05) is 21.5 Å². The molecule has 5 nitrogen and oxygen atoms in total. The van der Waals surface area contributed by atoms with E-state index in [0.29, 0.717) is 16.7 Å². The van der Waals surface area contributed by atoms with Gasteiger partial charge in [-0.25, -0.2) is 0 Å². The maximum absolute atomic E-state index is 10.0. The van der Waals surface area contributed by atoms with Gasteiger partial charge in [-0.1, -0.05) is 66.7 Å². The van der Waals surface area contributed by atoms with Crippen molar-refractivity contribution in [2.75, 3.05) is 0 Å². The summed E-state index contributed by atoms with van der Waals surface area (Å²) >= 11 is 0. The van der Waals surface area contributed by atoms with Gasteiger partial charge in [-0.15, -0.1) is 0 Å². The normalized spacial score (nSPS) is 11.1. The summed E-state index contributed by atoms with van der Waals surface area (Å²) in [4.78, 5) is 0. The standard InChI is InChI=1S/C39H21N5/c40-22-25-16-18-34(28(20-25)24-42)44-36-14-6-3-10-31(36)39-29(11-7-15-38(39)44)26-17-19-37-32(21-26)30-9-2-5-13-35(30)43(37)33-12-4-1-8-27(33)23-41/h1-21H. The minimum atomic E-state index is 0.448. The molecule has 44 heavy (non-hydrogen) atoms. The fraction of sp³-hybridized carbons (Fsp3) is 0. The van der Waals surface area contributed by atoms with Crippen LogP contribution in [0.5, 0.6) is 0 Å². The van der Waals surface area contributed by atoms with Crippen LogP contribution in [0.3, 0.4) is 0 Å². The van der Waals surface area contributed by atoms with Crippen LogP contribution in [0, 0.1) is 34.0 Å². The van der Waals surface area contributed by atoms with Crippen LogP contribution >= 0.6 is 0 Å². The third-order valence-corrected chi connectivity index (χ3v) is 8.43. The number of hydrogen-bond donors (Lipinski definition) is 0. The Balaban J connectivity index is 1.43. The second kappa shape index (κ2) is 9.74. The van der Waals surface area contributed by atoms with E-state index in [9.17, 15) is 15.8 Å². The molecule has 0 radical (unpaired) electrons. The molecule has 0 spiro atoms. The van der Waals surface area contributed by atoms with Crippen LogP contribution in [-0.4, -0.2) is 9.13 Å². The Bertz CT molecular complexity index is 2600. The van der Waals surface area contributed by atoms with Crippen molar-refractivity contribution < 1.29 is 0 Å². The van der Waals surface area contributed by atoms with Crippen LogP contribution < -0.4 is 0 Å². The predicted molar refractivity (Wildman–Crippen MR) is 175 cm³/mol. The Labute approximate surface area is 252 Å². The molecule has 0 aliphatic rings. The first-order valence-corrected chi connectivity index (χ1v) is 14.2. The van der Waals surface area contributed by atoms with Gasteiger partial charge in [0.15, 0.2) is 0 Å². The maximum Gasteiger partial charge on any atom is 0.101 e. The van der Waals surface area contributed by atoms with Crippen LogP contribution in [0.25, 0.3) is 66.1 Å². The Kier molecular flexibility index (Phi) is 5.56. The van der Waals surface area contributed by atoms with E-state index in [-0.39, 0.29) is 0 Å². The predicted octanol–water partition coefficient (Wildman–Crippen LogP) is 9.16. The lowest BCUT2D eigenvalue weighted by molar-refractivity contribution is 1.16. The zero-order valence-corrected chi connectivity index (χ0v) is 23.4. The molecular formula is C39H21N5. The largest absolute Gasteiger partial charge is 0.308 e. The van der Waals surface area contributed by atoms with Gasteiger partial charge >= 0.3 is 0 Å². The number of aromatic nitrogens is 2. The van der Waals surface area contributed by atoms with Crippen molar-refractivity contribution in [1.29, 1.82) is 15.8 Å². The summed E-state index contributed by atoms with van der Waals surface area (Å²) in [7, 11) is 0. The van der Waals surface area contributed by atoms with Gasteiger partial charge in [0.25, 0.3) is 0 Å². The number of hydrogen-bond acceptors (Lipinski definition) is 3. The van der Waals surface area contributed by atoms with Gasteiger partial charge in [-0.3, -0.25) is 0 Å². The summed E-state index contributed by atoms with van der Waals surface area (Å²) in [6, 6.07) is 49.1. The van der Waals surface area contributed by atoms with Crippen molar-refractivity contribution in [1.82, 2.24) is 9.13 Å². The molecule has 2 heterocycles. The highest BCUT2D eigenvalue weighted by Crippen LogP contribution is 2.41. The number of fused-ring (bicyclic) bond motifs is 6. The van der Waals surface area contributed by atoms with Crippen LogP contribution in [0.1, 0.15) is 16.7 Å². The fourth-order valence-electron chi connectivity index (χ4n) is 6.57. The van der Waals surface area contributed by atoms with E-state index in [0.717, 1.165) is 66.1 Å². The summed E-state index contributed by atoms with van der Waals surface area (Å²) in [5.74, 6) is 0. The summed E-state index contributed by atoms with van der Waals surface area (Å²) in [5.41, 5.74) is 9.32. The van der Waals surface area contributed by atoms with Crippen molar-refractivity contribution in [2.45, 2.75) is 0 Å². The number of nitriles is 3. The van der Waals surface area contributed by atoms with E-state index < -0.39 is 0 Å². The fourth-order valence-corrected chi connectivity index (χ4v) is 6.57. The minimum absolute atomic E-state index is 0.448. The van der Waals surface area contributed by atoms with Gasteiger partial charge < -0.3 is 9.13 Å². The molecule has 8 aromatic rings. The molecule has 0 saturated carbocycles. The van der Waals surface area contributed by atoms with Crippen molar-refractivity contribution >= 4 is 43.6 Å². The van der Waals surface area contributed by atoms with Gasteiger partial charge in [0.05, 0.1) is 56.2 Å². The zero-order valence-electron chi connectivity index (χ0n) is 23.4. The highest BCUT2D eigenvalue weighted by Gasteiger charge is 2.20. The molecule has 0 aliphatic heterocycles. The van der Waals surface area contributed by atoms with E-state index in [1.807, 2.05) is 54.6 Å². The van der Waals surface area contributed by atoms with Crippen molar-refractivity contribution in [2.24, 2.45) is 0 Å². The number of para-hydroxylation sites is 3. The summed E-state index contributed by atoms with van der Waals surface area (Å²) in [6.45, 7) is 0. The number of nitrogens with zero attached hydrogens (tertiary/aromatic N) is 5. The van der Waals surface area contributed by atoms with Crippen LogP contribution in [0.2, 0.25) is 0 Å². The Morgan fingerprint density at radius 1 is 0.432 bits per heavy atom. The lowest BCUT2D eigenvalue weighted by Gasteiger charge is -2.11.